The van der Waals surface area contributed by atoms with E-state index in [1.807, 2.05) is 59.2 Å². The highest BCUT2D eigenvalue weighted by molar-refractivity contribution is 8.30. The van der Waals surface area contributed by atoms with Gasteiger partial charge in [-0.25, -0.2) is 0 Å². The van der Waals surface area contributed by atoms with Crippen molar-refractivity contribution in [2.75, 3.05) is 0 Å². The highest BCUT2D eigenvalue weighted by atomic mass is 32.2. The number of nitrogens with zero attached hydrogens (tertiary/aromatic N) is 2. The van der Waals surface area contributed by atoms with Gasteiger partial charge in [0.25, 0.3) is 0 Å². The van der Waals surface area contributed by atoms with Crippen LogP contribution in [-0.4, -0.2) is 20.7 Å². The zero-order valence-corrected chi connectivity index (χ0v) is 30.3. The van der Waals surface area contributed by atoms with Crippen molar-refractivity contribution in [3.63, 3.8) is 0 Å². The van der Waals surface area contributed by atoms with Gasteiger partial charge in [0.1, 0.15) is 0 Å². The summed E-state index contributed by atoms with van der Waals surface area (Å²) in [6.07, 6.45) is 4.13. The average molecular weight is 691 g/mol. The van der Waals surface area contributed by atoms with Crippen LogP contribution in [0.15, 0.2) is 99.4 Å². The molecule has 0 radical (unpaired) electrons. The summed E-state index contributed by atoms with van der Waals surface area (Å²) in [5, 5.41) is 0. The van der Waals surface area contributed by atoms with Crippen LogP contribution < -0.4 is 0 Å². The second kappa shape index (κ2) is 11.0. The molecule has 4 heterocycles. The van der Waals surface area contributed by atoms with E-state index in [1.54, 1.807) is 6.08 Å². The summed E-state index contributed by atoms with van der Waals surface area (Å²) in [7, 11) is 2.16. The molecule has 2 aromatic heterocycles. The molecule has 0 fully saturated rings. The number of carbonyl (C=O) groups is 2. The molecule has 0 saturated heterocycles. The Morgan fingerprint density at radius 3 is 1.55 bits per heavy atom. The molecule has 2 aromatic carbocycles. The van der Waals surface area contributed by atoms with E-state index in [2.05, 4.69) is 80.3 Å². The van der Waals surface area contributed by atoms with Crippen molar-refractivity contribution in [1.29, 1.82) is 0 Å². The molecule has 4 aliphatic carbocycles. The lowest BCUT2D eigenvalue weighted by Crippen LogP contribution is -2.36. The highest BCUT2D eigenvalue weighted by Crippen LogP contribution is 2.64. The number of unbranched alkanes of at least 4 members (excludes halogenated alkanes) is 1. The predicted octanol–water partition coefficient (Wildman–Crippen LogP) is 10.1. The third-order valence-electron chi connectivity index (χ3n) is 10.8. The Balaban J connectivity index is 0.893. The summed E-state index contributed by atoms with van der Waals surface area (Å²) in [6.45, 7) is 9.86. The second-order valence-electron chi connectivity index (χ2n) is 13.1. The van der Waals surface area contributed by atoms with E-state index in [4.69, 9.17) is 0 Å². The number of aromatic nitrogens is 2. The van der Waals surface area contributed by atoms with Crippen LogP contribution in [0.1, 0.15) is 76.1 Å². The Morgan fingerprint density at radius 2 is 1.06 bits per heavy atom. The topological polar surface area (TPSA) is 44.0 Å². The summed E-state index contributed by atoms with van der Waals surface area (Å²) in [5.41, 5.74) is 12.2. The number of ketones is 2. The molecule has 0 spiro atoms. The number of rotatable bonds is 5. The van der Waals surface area contributed by atoms with Crippen LogP contribution in [-0.2, 0) is 23.2 Å². The molecular formula is C39H34N2O2S4. The molecule has 4 nitrogen and oxygen atoms in total. The van der Waals surface area contributed by atoms with Crippen molar-refractivity contribution in [1.82, 2.24) is 9.13 Å². The maximum absolute atomic E-state index is 14.1. The molecule has 0 saturated carbocycles. The number of hydrogen-bond donors (Lipinski definition) is 0. The van der Waals surface area contributed by atoms with E-state index >= 15 is 0 Å². The van der Waals surface area contributed by atoms with Crippen molar-refractivity contribution >= 4 is 58.6 Å². The molecule has 8 heteroatoms. The third kappa shape index (κ3) is 4.27. The lowest BCUT2D eigenvalue weighted by Gasteiger charge is -2.43. The van der Waals surface area contributed by atoms with Gasteiger partial charge in [-0.05, 0) is 75.3 Å². The maximum Gasteiger partial charge on any atom is 0.186 e. The summed E-state index contributed by atoms with van der Waals surface area (Å²) in [6, 6.07) is 16.7. The van der Waals surface area contributed by atoms with Gasteiger partial charge in [-0.1, -0.05) is 95.6 Å². The first-order valence-corrected chi connectivity index (χ1v) is 19.5. The van der Waals surface area contributed by atoms with Crippen LogP contribution in [0.3, 0.4) is 0 Å². The van der Waals surface area contributed by atoms with E-state index in [9.17, 15) is 9.59 Å². The molecule has 0 unspecified atom stereocenters. The predicted molar refractivity (Wildman–Crippen MR) is 195 cm³/mol. The van der Waals surface area contributed by atoms with Crippen LogP contribution in [0.4, 0.5) is 0 Å². The SMILES string of the molecule is Cc1c2c(c(C)n1C)SC(=C1Sc3c(c(C)n(CCCCC4=CC(=O)C5=C(C4=O)C4c6ccccc6C5c5ccccc54)c3C)S1)S2. The first-order valence-electron chi connectivity index (χ1n) is 16.3. The van der Waals surface area contributed by atoms with E-state index in [1.165, 1.54) is 73.1 Å². The fourth-order valence-corrected chi connectivity index (χ4v) is 14.2. The number of carbonyl (C=O) groups excluding carboxylic acids is 2. The lowest BCUT2D eigenvalue weighted by atomic mass is 9.58. The molecule has 47 heavy (non-hydrogen) atoms. The molecule has 0 amide bonds. The van der Waals surface area contributed by atoms with Gasteiger partial charge in [-0.15, -0.1) is 0 Å². The van der Waals surface area contributed by atoms with Crippen molar-refractivity contribution < 1.29 is 9.59 Å². The first-order chi connectivity index (χ1) is 22.7. The monoisotopic (exact) mass is 690 g/mol. The number of thioether (sulfide) groups is 4. The summed E-state index contributed by atoms with van der Waals surface area (Å²) in [5.74, 6) is -0.212. The molecule has 2 aliphatic heterocycles. The minimum absolute atomic E-state index is 0.0215. The van der Waals surface area contributed by atoms with Crippen LogP contribution >= 0.6 is 47.0 Å². The molecule has 6 aliphatic rings. The van der Waals surface area contributed by atoms with E-state index in [0.717, 1.165) is 25.0 Å². The molecule has 0 N–H and O–H groups in total. The zero-order valence-electron chi connectivity index (χ0n) is 27.0. The largest absolute Gasteiger partial charge is 0.350 e. The molecule has 236 valence electrons. The van der Waals surface area contributed by atoms with E-state index in [0.29, 0.717) is 17.6 Å². The van der Waals surface area contributed by atoms with Gasteiger partial charge in [-0.2, -0.15) is 0 Å². The summed E-state index contributed by atoms with van der Waals surface area (Å²) in [4.78, 5) is 33.5. The summed E-state index contributed by atoms with van der Waals surface area (Å²) >= 11 is 7.73. The number of Topliss-reactive ketones (excluding diaryl/α,β-unsaturated/α-hetero) is 1. The molecular weight excluding hydrogens is 657 g/mol. The fraction of sp³-hybridized carbons (Fsp3) is 0.282. The van der Waals surface area contributed by atoms with Crippen LogP contribution in [0, 0.1) is 27.7 Å². The Bertz CT molecular complexity index is 2100. The van der Waals surface area contributed by atoms with Crippen molar-refractivity contribution in [3.05, 3.63) is 125 Å². The fourth-order valence-electron chi connectivity index (χ4n) is 8.22. The second-order valence-corrected chi connectivity index (χ2v) is 17.7. The van der Waals surface area contributed by atoms with Crippen LogP contribution in [0.2, 0.25) is 0 Å². The standard InChI is InChI=1S/C39H34N2O2S4/c1-19-34-35(20(2)40(19)5)45-38(44-34)39-46-36-21(3)41(22(4)37(36)47-39)17-11-10-12-23-18-28(42)31-29-24-13-6-8-15-26(24)30(32(31)33(23)43)27-16-9-7-14-25(27)29/h6-9,13-16,18,29-30H,10-12,17H2,1-5H3. The van der Waals surface area contributed by atoms with Gasteiger partial charge in [0, 0.05) is 84.5 Å². The Hall–Kier alpha value is -3.04. The third-order valence-corrected chi connectivity index (χ3v) is 16.9. The Labute approximate surface area is 292 Å². The van der Waals surface area contributed by atoms with Gasteiger partial charge in [0.2, 0.25) is 0 Å². The number of allylic oxidation sites excluding steroid dienone is 4. The van der Waals surface area contributed by atoms with Gasteiger partial charge in [0.05, 0.1) is 8.47 Å². The van der Waals surface area contributed by atoms with Gasteiger partial charge in [0.15, 0.2) is 11.6 Å². The highest BCUT2D eigenvalue weighted by Gasteiger charge is 2.48. The quantitative estimate of drug-likeness (QED) is 0.153. The van der Waals surface area contributed by atoms with E-state index < -0.39 is 0 Å². The number of benzene rings is 2. The first kappa shape index (κ1) is 30.1. The van der Waals surface area contributed by atoms with Crippen molar-refractivity contribution in [2.24, 2.45) is 7.05 Å². The number of fused-ring (bicyclic) bond motifs is 2. The van der Waals surface area contributed by atoms with Gasteiger partial charge >= 0.3 is 0 Å². The molecule has 2 bridgehead atoms. The van der Waals surface area contributed by atoms with E-state index in [-0.39, 0.29) is 23.4 Å². The van der Waals surface area contributed by atoms with Gasteiger partial charge < -0.3 is 9.13 Å². The lowest BCUT2D eigenvalue weighted by molar-refractivity contribution is -0.116. The normalized spacial score (nSPS) is 20.5. The Morgan fingerprint density at radius 1 is 0.617 bits per heavy atom. The number of hydrogen-bond acceptors (Lipinski definition) is 6. The Kier molecular flexibility index (Phi) is 7.03. The average Bonchev–Trinajstić information content (AvgIpc) is 3.82. The van der Waals surface area contributed by atoms with Crippen molar-refractivity contribution in [2.45, 2.75) is 84.9 Å². The minimum atomic E-state index is -0.159. The van der Waals surface area contributed by atoms with Crippen LogP contribution in [0.5, 0.6) is 0 Å². The summed E-state index contributed by atoms with van der Waals surface area (Å²) < 4.78 is 7.58. The van der Waals surface area contributed by atoms with Crippen LogP contribution in [0.25, 0.3) is 0 Å². The minimum Gasteiger partial charge on any atom is -0.350 e. The smallest absolute Gasteiger partial charge is 0.186 e. The molecule has 0 atom stereocenters. The van der Waals surface area contributed by atoms with Gasteiger partial charge in [-0.3, -0.25) is 9.59 Å². The molecule has 4 aromatic rings. The van der Waals surface area contributed by atoms with Crippen molar-refractivity contribution in [3.8, 4) is 0 Å². The zero-order chi connectivity index (χ0) is 32.3. The maximum atomic E-state index is 14.1. The molecule has 10 rings (SSSR count).